The average molecular weight is 673 g/mol. The number of hydrogen-bond acceptors (Lipinski definition) is 10. The van der Waals surface area contributed by atoms with E-state index in [2.05, 4.69) is 40.8 Å². The number of nitrogens with zero attached hydrogens (tertiary/aromatic N) is 9. The molecule has 1 aromatic carbocycles. The first-order valence-electron chi connectivity index (χ1n) is 18.9. The lowest BCUT2D eigenvalue weighted by molar-refractivity contribution is 0.0999. The van der Waals surface area contributed by atoms with Gasteiger partial charge in [0.25, 0.3) is 5.91 Å². The molecule has 2 aliphatic carbocycles. The van der Waals surface area contributed by atoms with E-state index >= 15 is 0 Å². The number of piperidine rings is 1. The molecule has 4 bridgehead atoms. The highest BCUT2D eigenvalue weighted by Crippen LogP contribution is 2.47. The maximum Gasteiger partial charge on any atom is 0.254 e. The van der Waals surface area contributed by atoms with Gasteiger partial charge in [-0.1, -0.05) is 36.8 Å². The zero-order chi connectivity index (χ0) is 33.8. The van der Waals surface area contributed by atoms with Gasteiger partial charge in [0.15, 0.2) is 5.82 Å². The Balaban J connectivity index is 0.858. The highest BCUT2D eigenvalue weighted by atomic mass is 16.1. The number of nitrogens with two attached hydrogens (primary N) is 1. The largest absolute Gasteiger partial charge is 0.365 e. The van der Waals surface area contributed by atoms with E-state index in [9.17, 15) is 10.1 Å². The number of hydrogen-bond donors (Lipinski definition) is 1. The molecular weight excluding hydrogens is 624 g/mol. The summed E-state index contributed by atoms with van der Waals surface area (Å²) in [6.45, 7) is 7.34. The first-order valence-corrected chi connectivity index (χ1v) is 18.9. The van der Waals surface area contributed by atoms with Crippen molar-refractivity contribution in [3.63, 3.8) is 0 Å². The van der Waals surface area contributed by atoms with Crippen LogP contribution >= 0.6 is 0 Å². The molecule has 3 aromatic rings. The number of carbonyl (C=O) groups is 1. The van der Waals surface area contributed by atoms with E-state index in [4.69, 9.17) is 10.7 Å². The Kier molecular flexibility index (Phi) is 8.32. The number of rotatable bonds is 7. The quantitative estimate of drug-likeness (QED) is 0.392. The minimum absolute atomic E-state index is 0.368. The molecule has 6 fully saturated rings. The smallest absolute Gasteiger partial charge is 0.254 e. The number of fused-ring (bicyclic) bond motifs is 4. The van der Waals surface area contributed by atoms with Crippen molar-refractivity contribution in [3.8, 4) is 17.3 Å². The van der Waals surface area contributed by atoms with Crippen LogP contribution in [0, 0.1) is 23.2 Å². The number of primary amides is 1. The van der Waals surface area contributed by atoms with E-state index < -0.39 is 0 Å². The Morgan fingerprint density at radius 2 is 1.46 bits per heavy atom. The molecule has 0 spiro atoms. The van der Waals surface area contributed by atoms with Gasteiger partial charge in [-0.05, 0) is 68.9 Å². The average Bonchev–Trinajstić information content (AvgIpc) is 3.88. The van der Waals surface area contributed by atoms with Gasteiger partial charge in [-0.3, -0.25) is 14.6 Å². The van der Waals surface area contributed by atoms with Crippen molar-refractivity contribution in [2.75, 3.05) is 67.1 Å². The van der Waals surface area contributed by atoms with Crippen LogP contribution < -0.4 is 20.4 Å². The van der Waals surface area contributed by atoms with E-state index in [1.165, 1.54) is 25.7 Å². The number of anilines is 3. The Bertz CT molecular complexity index is 1750. The molecule has 1 amide bonds. The second kappa shape index (κ2) is 13.1. The molecule has 0 radical (unpaired) electrons. The highest BCUT2D eigenvalue weighted by molar-refractivity contribution is 6.03. The normalized spacial score (nSPS) is 29.8. The summed E-state index contributed by atoms with van der Waals surface area (Å²) in [7, 11) is 0. The molecule has 11 nitrogen and oxygen atoms in total. The summed E-state index contributed by atoms with van der Waals surface area (Å²) in [5, 5.41) is 19.0. The van der Waals surface area contributed by atoms with Crippen LogP contribution in [-0.4, -0.2) is 107 Å². The molecule has 2 saturated carbocycles. The van der Waals surface area contributed by atoms with Crippen molar-refractivity contribution >= 4 is 23.2 Å². The zero-order valence-corrected chi connectivity index (χ0v) is 28.9. The monoisotopic (exact) mass is 672 g/mol. The van der Waals surface area contributed by atoms with E-state index in [1.54, 1.807) is 0 Å². The molecule has 260 valence electrons. The summed E-state index contributed by atoms with van der Waals surface area (Å²) in [5.41, 5.74) is 10.0. The van der Waals surface area contributed by atoms with Crippen LogP contribution in [0.15, 0.2) is 48.7 Å². The van der Waals surface area contributed by atoms with Crippen LogP contribution in [0.4, 0.5) is 17.3 Å². The molecule has 5 atom stereocenters. The molecular formula is C39H48N10O. The Labute approximate surface area is 295 Å². The predicted octanol–water partition coefficient (Wildman–Crippen LogP) is 4.14. The molecule has 6 heterocycles. The first kappa shape index (κ1) is 31.7. The lowest BCUT2D eigenvalue weighted by atomic mass is 9.93. The van der Waals surface area contributed by atoms with Crippen LogP contribution in [0.2, 0.25) is 0 Å². The summed E-state index contributed by atoms with van der Waals surface area (Å²) < 4.78 is 0. The number of piperazine rings is 2. The lowest BCUT2D eigenvalue weighted by Gasteiger charge is -2.47. The van der Waals surface area contributed by atoms with Crippen LogP contribution in [-0.2, 0) is 0 Å². The molecule has 50 heavy (non-hydrogen) atoms. The van der Waals surface area contributed by atoms with Gasteiger partial charge in [0.05, 0.1) is 16.9 Å². The second-order valence-electron chi connectivity index (χ2n) is 15.5. The third-order valence-electron chi connectivity index (χ3n) is 13.0. The first-order chi connectivity index (χ1) is 24.5. The molecule has 2 N–H and O–H groups in total. The maximum atomic E-state index is 13.2. The third kappa shape index (κ3) is 5.66. The minimum Gasteiger partial charge on any atom is -0.365 e. The van der Waals surface area contributed by atoms with Crippen molar-refractivity contribution < 1.29 is 4.79 Å². The fourth-order valence-electron chi connectivity index (χ4n) is 10.6. The van der Waals surface area contributed by atoms with Crippen molar-refractivity contribution in [1.29, 1.82) is 5.26 Å². The SMILES string of the molecule is N#Cc1cc(-c2ccccc2)nnc1N1CCN(C2CC3CCC(C2)N3c2ccnc(N3CCN(C4CC5CCC4C5)CC3)c2C(N)=O)CC1. The van der Waals surface area contributed by atoms with Crippen LogP contribution in [0.25, 0.3) is 11.3 Å². The maximum absolute atomic E-state index is 13.2. The molecule has 4 aliphatic heterocycles. The molecule has 11 heteroatoms. The van der Waals surface area contributed by atoms with Crippen molar-refractivity contribution in [3.05, 3.63) is 59.8 Å². The lowest BCUT2D eigenvalue weighted by Crippen LogP contribution is -2.56. The predicted molar refractivity (Wildman–Crippen MR) is 194 cm³/mol. The van der Waals surface area contributed by atoms with Gasteiger partial charge < -0.3 is 20.4 Å². The Morgan fingerprint density at radius 1 is 0.760 bits per heavy atom. The van der Waals surface area contributed by atoms with Gasteiger partial charge in [-0.15, -0.1) is 10.2 Å². The number of carbonyl (C=O) groups excluding carboxylic acids is 1. The zero-order valence-electron chi connectivity index (χ0n) is 28.9. The van der Waals surface area contributed by atoms with Crippen molar-refractivity contribution in [2.45, 2.75) is 75.5 Å². The third-order valence-corrected chi connectivity index (χ3v) is 13.0. The summed E-state index contributed by atoms with van der Waals surface area (Å²) in [6.07, 6.45) is 11.9. The number of benzene rings is 1. The summed E-state index contributed by atoms with van der Waals surface area (Å²) in [6, 6.07) is 18.2. The van der Waals surface area contributed by atoms with Crippen LogP contribution in [0.1, 0.15) is 67.3 Å². The van der Waals surface area contributed by atoms with Crippen LogP contribution in [0.5, 0.6) is 0 Å². The summed E-state index contributed by atoms with van der Waals surface area (Å²) in [5.74, 6) is 2.92. The molecule has 9 rings (SSSR count). The highest BCUT2D eigenvalue weighted by Gasteiger charge is 2.45. The molecule has 4 saturated heterocycles. The Hall–Kier alpha value is -4.27. The van der Waals surface area contributed by atoms with Gasteiger partial charge in [-0.25, -0.2) is 4.98 Å². The van der Waals surface area contributed by atoms with E-state index in [0.29, 0.717) is 35.1 Å². The number of pyridine rings is 1. The topological polar surface area (TPSA) is 122 Å². The van der Waals surface area contributed by atoms with Gasteiger partial charge >= 0.3 is 0 Å². The van der Waals surface area contributed by atoms with Crippen LogP contribution in [0.3, 0.4) is 0 Å². The number of amides is 1. The van der Waals surface area contributed by atoms with Crippen molar-refractivity contribution in [2.24, 2.45) is 17.6 Å². The Morgan fingerprint density at radius 3 is 2.10 bits per heavy atom. The van der Waals surface area contributed by atoms with Gasteiger partial charge in [0.2, 0.25) is 0 Å². The second-order valence-corrected chi connectivity index (χ2v) is 15.5. The molecule has 5 unspecified atom stereocenters. The summed E-state index contributed by atoms with van der Waals surface area (Å²) >= 11 is 0. The van der Waals surface area contributed by atoms with Gasteiger partial charge in [0, 0.05) is 88.3 Å². The van der Waals surface area contributed by atoms with E-state index in [0.717, 1.165) is 119 Å². The van der Waals surface area contributed by atoms with Crippen molar-refractivity contribution in [1.82, 2.24) is 25.0 Å². The standard InChI is InChI=1S/C39H48N10O/c40-25-29-22-33(27-4-2-1-3-5-27)43-44-38(29)47-16-12-45(13-17-47)32-23-30-8-9-31(24-32)49(30)34-10-11-42-39(36(34)37(41)50)48-18-14-46(15-19-48)35-21-26-6-7-28(35)20-26/h1-5,10-11,22,26,28,30-32,35H,6-9,12-21,23-24H2,(H2,41,50). The fraction of sp³-hybridized carbons (Fsp3) is 0.564. The molecule has 2 aromatic heterocycles. The van der Waals surface area contributed by atoms with E-state index in [-0.39, 0.29) is 5.91 Å². The minimum atomic E-state index is -0.368. The summed E-state index contributed by atoms with van der Waals surface area (Å²) in [4.78, 5) is 30.4. The van der Waals surface area contributed by atoms with Gasteiger partial charge in [-0.2, -0.15) is 5.26 Å². The number of aromatic nitrogens is 3. The number of nitriles is 1. The van der Waals surface area contributed by atoms with Gasteiger partial charge in [0.1, 0.15) is 17.5 Å². The molecule has 6 aliphatic rings. The van der Waals surface area contributed by atoms with E-state index in [1.807, 2.05) is 48.7 Å². The fourth-order valence-corrected chi connectivity index (χ4v) is 10.6.